The zero-order valence-electron chi connectivity index (χ0n) is 11.9. The molecule has 0 aliphatic carbocycles. The number of nitrogens with two attached hydrogens (primary N) is 2. The van der Waals surface area contributed by atoms with Crippen molar-refractivity contribution in [3.8, 4) is 0 Å². The Hall–Kier alpha value is -0.430. The van der Waals surface area contributed by atoms with Crippen LogP contribution in [0.25, 0.3) is 0 Å². The van der Waals surface area contributed by atoms with E-state index in [4.69, 9.17) is 11.5 Å². The fourth-order valence-corrected chi connectivity index (χ4v) is 4.46. The van der Waals surface area contributed by atoms with E-state index in [0.717, 1.165) is 23.9 Å². The van der Waals surface area contributed by atoms with Crippen molar-refractivity contribution >= 4 is 33.2 Å². The number of hydrogen-bond donors (Lipinski definition) is 2. The largest absolute Gasteiger partial charge is 0.369 e. The van der Waals surface area contributed by atoms with Crippen molar-refractivity contribution in [3.05, 3.63) is 20.8 Å². The topological polar surface area (TPSA) is 72.3 Å². The molecule has 3 atom stereocenters. The lowest BCUT2D eigenvalue weighted by Crippen LogP contribution is -2.42. The molecule has 1 fully saturated rings. The first-order valence-corrected chi connectivity index (χ1v) is 8.58. The van der Waals surface area contributed by atoms with Gasteiger partial charge in [0.1, 0.15) is 0 Å². The summed E-state index contributed by atoms with van der Waals surface area (Å²) < 4.78 is 1.09. The van der Waals surface area contributed by atoms with Gasteiger partial charge >= 0.3 is 0 Å². The van der Waals surface area contributed by atoms with Gasteiger partial charge in [0, 0.05) is 27.3 Å². The van der Waals surface area contributed by atoms with Crippen LogP contribution in [0.5, 0.6) is 0 Å². The Labute approximate surface area is 132 Å². The number of hydrogen-bond acceptors (Lipinski definition) is 4. The van der Waals surface area contributed by atoms with Gasteiger partial charge in [-0.15, -0.1) is 11.3 Å². The summed E-state index contributed by atoms with van der Waals surface area (Å²) in [6, 6.07) is 2.36. The lowest BCUT2D eigenvalue weighted by molar-refractivity contribution is -0.126. The standard InChI is InChI=1S/C14H22BrN3OS/c1-3-10(16)12(11-6-9(15)7-20-11)18-5-4-14(2,8-18)13(17)19/h6-7,10,12H,3-5,8,16H2,1-2H3,(H2,17,19). The SMILES string of the molecule is CCC(N)C(c1cc(Br)cs1)N1CCC(C)(C(N)=O)C1. The molecule has 0 bridgehead atoms. The lowest BCUT2D eigenvalue weighted by Gasteiger charge is -2.32. The van der Waals surface area contributed by atoms with Crippen molar-refractivity contribution in [2.24, 2.45) is 16.9 Å². The molecule has 2 heterocycles. The molecule has 2 rings (SSSR count). The predicted molar refractivity (Wildman–Crippen MR) is 86.5 cm³/mol. The van der Waals surface area contributed by atoms with Crippen LogP contribution >= 0.6 is 27.3 Å². The Morgan fingerprint density at radius 3 is 2.80 bits per heavy atom. The molecule has 4 N–H and O–H groups in total. The summed E-state index contributed by atoms with van der Waals surface area (Å²) in [5.41, 5.74) is 11.5. The predicted octanol–water partition coefficient (Wildman–Crippen LogP) is 2.49. The molecule has 6 heteroatoms. The third-order valence-corrected chi connectivity index (χ3v) is 6.01. The zero-order valence-corrected chi connectivity index (χ0v) is 14.3. The summed E-state index contributed by atoms with van der Waals surface area (Å²) >= 11 is 5.21. The van der Waals surface area contributed by atoms with E-state index in [9.17, 15) is 4.79 Å². The van der Waals surface area contributed by atoms with E-state index in [-0.39, 0.29) is 18.0 Å². The first-order chi connectivity index (χ1) is 9.37. The first kappa shape index (κ1) is 15.9. The number of primary amides is 1. The van der Waals surface area contributed by atoms with Crippen LogP contribution in [0.3, 0.4) is 0 Å². The molecular formula is C14H22BrN3OS. The number of halogens is 1. The number of likely N-dealkylation sites (tertiary alicyclic amines) is 1. The van der Waals surface area contributed by atoms with Crippen molar-refractivity contribution in [1.29, 1.82) is 0 Å². The fraction of sp³-hybridized carbons (Fsp3) is 0.643. The second kappa shape index (κ2) is 6.13. The molecule has 0 saturated carbocycles. The van der Waals surface area contributed by atoms with E-state index in [2.05, 4.69) is 39.2 Å². The zero-order chi connectivity index (χ0) is 14.9. The summed E-state index contributed by atoms with van der Waals surface area (Å²) in [6.45, 7) is 5.61. The molecule has 112 valence electrons. The van der Waals surface area contributed by atoms with Crippen LogP contribution in [0.4, 0.5) is 0 Å². The van der Waals surface area contributed by atoms with Crippen LogP contribution in [-0.4, -0.2) is 29.9 Å². The summed E-state index contributed by atoms with van der Waals surface area (Å²) in [5.74, 6) is -0.212. The number of nitrogens with zero attached hydrogens (tertiary/aromatic N) is 1. The highest BCUT2D eigenvalue weighted by molar-refractivity contribution is 9.10. The molecule has 20 heavy (non-hydrogen) atoms. The van der Waals surface area contributed by atoms with Crippen molar-refractivity contribution in [3.63, 3.8) is 0 Å². The van der Waals surface area contributed by atoms with Gasteiger partial charge in [-0.25, -0.2) is 0 Å². The van der Waals surface area contributed by atoms with Gasteiger partial charge in [0.05, 0.1) is 11.5 Å². The Morgan fingerprint density at radius 1 is 1.65 bits per heavy atom. The molecule has 0 aromatic carbocycles. The molecule has 4 nitrogen and oxygen atoms in total. The molecule has 1 aliphatic heterocycles. The highest BCUT2D eigenvalue weighted by Crippen LogP contribution is 2.39. The Balaban J connectivity index is 2.23. The van der Waals surface area contributed by atoms with Gasteiger partial charge in [0.25, 0.3) is 0 Å². The average molecular weight is 360 g/mol. The second-order valence-electron chi connectivity index (χ2n) is 5.83. The number of amides is 1. The maximum atomic E-state index is 11.6. The number of carbonyl (C=O) groups is 1. The minimum atomic E-state index is -0.430. The molecule has 1 saturated heterocycles. The van der Waals surface area contributed by atoms with E-state index in [1.54, 1.807) is 11.3 Å². The van der Waals surface area contributed by atoms with E-state index in [1.807, 2.05) is 6.92 Å². The maximum absolute atomic E-state index is 11.6. The number of rotatable bonds is 5. The van der Waals surface area contributed by atoms with Crippen LogP contribution in [0.15, 0.2) is 15.9 Å². The van der Waals surface area contributed by atoms with Crippen molar-refractivity contribution in [2.75, 3.05) is 13.1 Å². The van der Waals surface area contributed by atoms with Crippen molar-refractivity contribution in [1.82, 2.24) is 4.90 Å². The monoisotopic (exact) mass is 359 g/mol. The molecule has 1 aromatic heterocycles. The summed E-state index contributed by atoms with van der Waals surface area (Å²) in [6.07, 6.45) is 1.71. The van der Waals surface area contributed by atoms with E-state index in [1.165, 1.54) is 4.88 Å². The molecule has 0 spiro atoms. The van der Waals surface area contributed by atoms with Crippen LogP contribution in [-0.2, 0) is 4.79 Å². The molecule has 0 radical (unpaired) electrons. The maximum Gasteiger partial charge on any atom is 0.224 e. The smallest absolute Gasteiger partial charge is 0.224 e. The Morgan fingerprint density at radius 2 is 2.35 bits per heavy atom. The summed E-state index contributed by atoms with van der Waals surface area (Å²) in [4.78, 5) is 15.2. The van der Waals surface area contributed by atoms with Gasteiger partial charge in [0.2, 0.25) is 5.91 Å². The Kier molecular flexibility index (Phi) is 4.89. The lowest BCUT2D eigenvalue weighted by atomic mass is 9.89. The number of thiophene rings is 1. The van der Waals surface area contributed by atoms with Gasteiger partial charge in [-0.1, -0.05) is 6.92 Å². The van der Waals surface area contributed by atoms with Gasteiger partial charge in [-0.05, 0) is 48.3 Å². The van der Waals surface area contributed by atoms with Crippen LogP contribution in [0, 0.1) is 5.41 Å². The first-order valence-electron chi connectivity index (χ1n) is 6.91. The molecule has 3 unspecified atom stereocenters. The molecule has 1 aliphatic rings. The van der Waals surface area contributed by atoms with Gasteiger partial charge in [0.15, 0.2) is 0 Å². The van der Waals surface area contributed by atoms with E-state index >= 15 is 0 Å². The average Bonchev–Trinajstić information content (AvgIpc) is 2.98. The van der Waals surface area contributed by atoms with Crippen LogP contribution in [0.2, 0.25) is 0 Å². The quantitative estimate of drug-likeness (QED) is 0.847. The highest BCUT2D eigenvalue weighted by Gasteiger charge is 2.42. The van der Waals surface area contributed by atoms with Gasteiger partial charge < -0.3 is 11.5 Å². The minimum Gasteiger partial charge on any atom is -0.369 e. The van der Waals surface area contributed by atoms with Crippen LogP contribution in [0.1, 0.15) is 37.6 Å². The third kappa shape index (κ3) is 3.08. The van der Waals surface area contributed by atoms with Crippen molar-refractivity contribution in [2.45, 2.75) is 38.8 Å². The summed E-state index contributed by atoms with van der Waals surface area (Å²) in [7, 11) is 0. The van der Waals surface area contributed by atoms with Crippen LogP contribution < -0.4 is 11.5 Å². The fourth-order valence-electron chi connectivity index (χ4n) is 2.80. The molecule has 1 aromatic rings. The van der Waals surface area contributed by atoms with E-state index < -0.39 is 5.41 Å². The minimum absolute atomic E-state index is 0.0655. The number of carbonyl (C=O) groups excluding carboxylic acids is 1. The Bertz CT molecular complexity index is 493. The normalized spacial score (nSPS) is 26.6. The van der Waals surface area contributed by atoms with Gasteiger partial charge in [-0.3, -0.25) is 9.69 Å². The summed E-state index contributed by atoms with van der Waals surface area (Å²) in [5, 5.41) is 2.08. The third-order valence-electron chi connectivity index (χ3n) is 4.25. The molecule has 1 amide bonds. The van der Waals surface area contributed by atoms with Crippen molar-refractivity contribution < 1.29 is 4.79 Å². The second-order valence-corrected chi connectivity index (χ2v) is 7.69. The van der Waals surface area contributed by atoms with Gasteiger partial charge in [-0.2, -0.15) is 0 Å². The van der Waals surface area contributed by atoms with E-state index in [0.29, 0.717) is 6.54 Å². The molecular weight excluding hydrogens is 338 g/mol. The highest BCUT2D eigenvalue weighted by atomic mass is 79.9.